The van der Waals surface area contributed by atoms with Crippen LogP contribution in [0.2, 0.25) is 0 Å². The van der Waals surface area contributed by atoms with Gasteiger partial charge in [0.2, 0.25) is 0 Å². The fraction of sp³-hybridized carbons (Fsp3) is 0.857. The number of piperidine rings is 1. The highest BCUT2D eigenvalue weighted by Gasteiger charge is 2.16. The summed E-state index contributed by atoms with van der Waals surface area (Å²) in [6, 6.07) is 0. The van der Waals surface area contributed by atoms with Crippen LogP contribution in [0.15, 0.2) is 0 Å². The Kier molecular flexibility index (Phi) is 4.65. The minimum atomic E-state index is 0. The van der Waals surface area contributed by atoms with Crippen molar-refractivity contribution in [3.05, 3.63) is 0 Å². The van der Waals surface area contributed by atoms with E-state index in [9.17, 15) is 4.79 Å². The van der Waals surface area contributed by atoms with Crippen molar-refractivity contribution in [1.82, 2.24) is 5.32 Å². The summed E-state index contributed by atoms with van der Waals surface area (Å²) in [6.45, 7) is 3.73. The predicted octanol–water partition coefficient (Wildman–Crippen LogP) is 0.997. The second kappa shape index (κ2) is 4.69. The number of nitrogens with one attached hydrogen (secondary N) is 1. The summed E-state index contributed by atoms with van der Waals surface area (Å²) in [7, 11) is 0. The molecule has 0 radical (unpaired) electrons. The minimum absolute atomic E-state index is 0. The molecular formula is C7H14ClNO. The first-order valence-corrected chi connectivity index (χ1v) is 3.52. The highest BCUT2D eigenvalue weighted by molar-refractivity contribution is 5.85. The number of carbonyl (C=O) groups excluding carboxylic acids is 1. The summed E-state index contributed by atoms with van der Waals surface area (Å²) in [6.07, 6.45) is 2.07. The van der Waals surface area contributed by atoms with Gasteiger partial charge in [-0.25, -0.2) is 0 Å². The van der Waals surface area contributed by atoms with Crippen LogP contribution in [0.1, 0.15) is 19.8 Å². The van der Waals surface area contributed by atoms with E-state index in [1.165, 1.54) is 0 Å². The Balaban J connectivity index is 0.000000810. The molecular weight excluding hydrogens is 150 g/mol. The Labute approximate surface area is 67.8 Å². The summed E-state index contributed by atoms with van der Waals surface area (Å²) in [5, 5.41) is 3.22. The molecule has 0 aromatic rings. The van der Waals surface area contributed by atoms with Gasteiger partial charge in [-0.2, -0.15) is 0 Å². The molecule has 1 aliphatic rings. The summed E-state index contributed by atoms with van der Waals surface area (Å²) in [5.41, 5.74) is 0. The average molecular weight is 164 g/mol. The van der Waals surface area contributed by atoms with Gasteiger partial charge in [0.1, 0.15) is 5.78 Å². The number of halogens is 1. The van der Waals surface area contributed by atoms with E-state index in [2.05, 4.69) is 5.32 Å². The molecule has 0 aromatic heterocycles. The van der Waals surface area contributed by atoms with Crippen molar-refractivity contribution in [2.24, 2.45) is 5.92 Å². The van der Waals surface area contributed by atoms with Gasteiger partial charge < -0.3 is 5.32 Å². The van der Waals surface area contributed by atoms with Gasteiger partial charge >= 0.3 is 0 Å². The predicted molar refractivity (Wildman–Crippen MR) is 43.5 cm³/mol. The van der Waals surface area contributed by atoms with Crippen LogP contribution in [0.25, 0.3) is 0 Å². The summed E-state index contributed by atoms with van der Waals surface area (Å²) in [4.78, 5) is 10.8. The zero-order chi connectivity index (χ0) is 6.69. The standard InChI is InChI=1S/C7H13NO.ClH/c1-6(9)7-2-4-8-5-3-7;/h7-8H,2-5H2,1H3;1H. The monoisotopic (exact) mass is 163 g/mol. The van der Waals surface area contributed by atoms with Crippen LogP contribution in [0.5, 0.6) is 0 Å². The lowest BCUT2D eigenvalue weighted by Gasteiger charge is -2.19. The first kappa shape index (κ1) is 9.92. The Hall–Kier alpha value is -0.0800. The van der Waals surface area contributed by atoms with Crippen LogP contribution in [0.4, 0.5) is 0 Å². The van der Waals surface area contributed by atoms with E-state index in [0.717, 1.165) is 25.9 Å². The molecule has 0 aromatic carbocycles. The molecule has 0 aliphatic carbocycles. The van der Waals surface area contributed by atoms with E-state index in [4.69, 9.17) is 0 Å². The van der Waals surface area contributed by atoms with E-state index in [-0.39, 0.29) is 12.4 Å². The van der Waals surface area contributed by atoms with Crippen LogP contribution in [0.3, 0.4) is 0 Å². The molecule has 0 saturated carbocycles. The van der Waals surface area contributed by atoms with Crippen LogP contribution in [-0.4, -0.2) is 18.9 Å². The molecule has 10 heavy (non-hydrogen) atoms. The Bertz CT molecular complexity index is 110. The topological polar surface area (TPSA) is 29.1 Å². The third-order valence-electron chi connectivity index (χ3n) is 1.91. The van der Waals surface area contributed by atoms with Crippen molar-refractivity contribution in [3.63, 3.8) is 0 Å². The summed E-state index contributed by atoms with van der Waals surface area (Å²) < 4.78 is 0. The molecule has 3 heteroatoms. The Morgan fingerprint density at radius 2 is 1.90 bits per heavy atom. The number of hydrogen-bond donors (Lipinski definition) is 1. The quantitative estimate of drug-likeness (QED) is 0.625. The van der Waals surface area contributed by atoms with Crippen LogP contribution >= 0.6 is 12.4 Å². The second-order valence-corrected chi connectivity index (χ2v) is 2.63. The highest BCUT2D eigenvalue weighted by Crippen LogP contribution is 2.11. The number of hydrogen-bond acceptors (Lipinski definition) is 2. The van der Waals surface area contributed by atoms with Crippen molar-refractivity contribution in [3.8, 4) is 0 Å². The zero-order valence-electron chi connectivity index (χ0n) is 6.22. The maximum Gasteiger partial charge on any atom is 0.133 e. The van der Waals surface area contributed by atoms with Gasteiger partial charge in [-0.05, 0) is 32.9 Å². The lowest BCUT2D eigenvalue weighted by atomic mass is 9.95. The van der Waals surface area contributed by atoms with E-state index in [0.29, 0.717) is 11.7 Å². The van der Waals surface area contributed by atoms with Gasteiger partial charge in [0.25, 0.3) is 0 Å². The molecule has 0 atom stereocenters. The van der Waals surface area contributed by atoms with Gasteiger partial charge in [-0.15, -0.1) is 12.4 Å². The first-order valence-electron chi connectivity index (χ1n) is 3.52. The molecule has 0 bridgehead atoms. The summed E-state index contributed by atoms with van der Waals surface area (Å²) in [5.74, 6) is 0.711. The third kappa shape index (κ3) is 2.67. The molecule has 0 unspecified atom stereocenters. The third-order valence-corrected chi connectivity index (χ3v) is 1.91. The molecule has 0 amide bonds. The number of carbonyl (C=O) groups is 1. The van der Waals surface area contributed by atoms with Crippen LogP contribution < -0.4 is 5.32 Å². The fourth-order valence-corrected chi connectivity index (χ4v) is 1.23. The molecule has 1 N–H and O–H groups in total. The van der Waals surface area contributed by atoms with Gasteiger partial charge in [0.05, 0.1) is 0 Å². The van der Waals surface area contributed by atoms with Gasteiger partial charge in [-0.3, -0.25) is 4.79 Å². The van der Waals surface area contributed by atoms with Crippen LogP contribution in [0, 0.1) is 5.92 Å². The molecule has 2 nitrogen and oxygen atoms in total. The first-order chi connectivity index (χ1) is 4.30. The highest BCUT2D eigenvalue weighted by atomic mass is 35.5. The molecule has 0 spiro atoms. The Morgan fingerprint density at radius 1 is 1.40 bits per heavy atom. The van der Waals surface area contributed by atoms with E-state index >= 15 is 0 Å². The number of Topliss-reactive ketones (excluding diaryl/α,β-unsaturated/α-hetero) is 1. The maximum atomic E-state index is 10.8. The van der Waals surface area contributed by atoms with Crippen molar-refractivity contribution in [2.45, 2.75) is 19.8 Å². The molecule has 1 saturated heterocycles. The van der Waals surface area contributed by atoms with Crippen molar-refractivity contribution in [1.29, 1.82) is 0 Å². The van der Waals surface area contributed by atoms with Crippen molar-refractivity contribution >= 4 is 18.2 Å². The largest absolute Gasteiger partial charge is 0.317 e. The average Bonchev–Trinajstić information content (AvgIpc) is 1.90. The smallest absolute Gasteiger partial charge is 0.133 e. The van der Waals surface area contributed by atoms with Gasteiger partial charge in [0.15, 0.2) is 0 Å². The number of rotatable bonds is 1. The van der Waals surface area contributed by atoms with E-state index in [1.807, 2.05) is 0 Å². The summed E-state index contributed by atoms with van der Waals surface area (Å²) >= 11 is 0. The molecule has 1 rings (SSSR count). The SMILES string of the molecule is CC(=O)C1CCNCC1.Cl. The number of ketones is 1. The van der Waals surface area contributed by atoms with Gasteiger partial charge in [-0.1, -0.05) is 0 Å². The lowest BCUT2D eigenvalue weighted by molar-refractivity contribution is -0.121. The normalized spacial score (nSPS) is 19.7. The molecule has 1 aliphatic heterocycles. The second-order valence-electron chi connectivity index (χ2n) is 2.63. The van der Waals surface area contributed by atoms with Crippen molar-refractivity contribution in [2.75, 3.05) is 13.1 Å². The Morgan fingerprint density at radius 3 is 2.20 bits per heavy atom. The van der Waals surface area contributed by atoms with Crippen molar-refractivity contribution < 1.29 is 4.79 Å². The maximum absolute atomic E-state index is 10.8. The molecule has 1 heterocycles. The van der Waals surface area contributed by atoms with E-state index < -0.39 is 0 Å². The fourth-order valence-electron chi connectivity index (χ4n) is 1.23. The van der Waals surface area contributed by atoms with Gasteiger partial charge in [0, 0.05) is 5.92 Å². The molecule has 60 valence electrons. The zero-order valence-corrected chi connectivity index (χ0v) is 7.04. The molecule has 1 fully saturated rings. The van der Waals surface area contributed by atoms with E-state index in [1.54, 1.807) is 6.92 Å². The lowest BCUT2D eigenvalue weighted by Crippen LogP contribution is -2.30. The van der Waals surface area contributed by atoms with Crippen LogP contribution in [-0.2, 0) is 4.79 Å². The minimum Gasteiger partial charge on any atom is -0.317 e.